The van der Waals surface area contributed by atoms with Crippen LogP contribution in [0.3, 0.4) is 0 Å². The van der Waals surface area contributed by atoms with Crippen molar-refractivity contribution in [1.29, 1.82) is 5.26 Å². The summed E-state index contributed by atoms with van der Waals surface area (Å²) >= 11 is 1.29. The van der Waals surface area contributed by atoms with Gasteiger partial charge in [0.2, 0.25) is 5.91 Å². The van der Waals surface area contributed by atoms with Gasteiger partial charge in [-0.25, -0.2) is 9.37 Å². The van der Waals surface area contributed by atoms with Gasteiger partial charge < -0.3 is 14.6 Å². The van der Waals surface area contributed by atoms with E-state index in [1.54, 1.807) is 25.4 Å². The van der Waals surface area contributed by atoms with Gasteiger partial charge in [0.05, 0.1) is 24.1 Å². The summed E-state index contributed by atoms with van der Waals surface area (Å²) < 4.78 is 22.4. The molecule has 2 aromatic carbocycles. The van der Waals surface area contributed by atoms with Crippen LogP contribution in [0.5, 0.6) is 5.75 Å². The molecule has 4 aromatic rings. The predicted molar refractivity (Wildman–Crippen MR) is 134 cm³/mol. The molecular weight excluding hydrogens is 465 g/mol. The molecule has 0 radical (unpaired) electrons. The Labute approximate surface area is 207 Å². The summed E-state index contributed by atoms with van der Waals surface area (Å²) in [6, 6.07) is 15.9. The second kappa shape index (κ2) is 10.5. The monoisotopic (exact) mass is 489 g/mol. The third-order valence-corrected chi connectivity index (χ3v) is 6.69. The summed E-state index contributed by atoms with van der Waals surface area (Å²) in [5.41, 5.74) is 3.81. The molecule has 4 rings (SSSR count). The number of ether oxygens (including phenoxy) is 1. The minimum atomic E-state index is -0.315. The SMILES string of the molecule is COc1cccc(-n2ccnc2SCC(=O)Nc2c(C#N)c(C)c(C)n2Cc2ccc(F)cc2)c1. The van der Waals surface area contributed by atoms with Crippen molar-refractivity contribution in [2.75, 3.05) is 18.2 Å². The number of carbonyl (C=O) groups excluding carboxylic acids is 1. The Morgan fingerprint density at radius 3 is 2.71 bits per heavy atom. The highest BCUT2D eigenvalue weighted by molar-refractivity contribution is 7.99. The lowest BCUT2D eigenvalue weighted by Crippen LogP contribution is -2.19. The van der Waals surface area contributed by atoms with Crippen LogP contribution < -0.4 is 10.1 Å². The van der Waals surface area contributed by atoms with Crippen LogP contribution in [0.4, 0.5) is 10.2 Å². The van der Waals surface area contributed by atoms with E-state index in [4.69, 9.17) is 4.74 Å². The molecule has 2 heterocycles. The van der Waals surface area contributed by atoms with Crippen LogP contribution in [0.2, 0.25) is 0 Å². The third kappa shape index (κ3) is 5.23. The van der Waals surface area contributed by atoms with E-state index in [2.05, 4.69) is 16.4 Å². The summed E-state index contributed by atoms with van der Waals surface area (Å²) in [6.45, 7) is 4.15. The molecular formula is C26H24FN5O2S. The Kier molecular flexibility index (Phi) is 7.22. The smallest absolute Gasteiger partial charge is 0.235 e. The van der Waals surface area contributed by atoms with Crippen LogP contribution in [0.1, 0.15) is 22.4 Å². The molecule has 0 saturated heterocycles. The maximum atomic E-state index is 13.3. The standard InChI is InChI=1S/C26H24FN5O2S/c1-17-18(2)32(15-19-7-9-20(27)10-8-19)25(23(17)14-28)30-24(33)16-35-26-29-11-12-31(26)21-5-4-6-22(13-21)34-3/h4-13H,15-16H2,1-3H3,(H,30,33). The van der Waals surface area contributed by atoms with E-state index in [1.807, 2.05) is 53.4 Å². The van der Waals surface area contributed by atoms with Crippen molar-refractivity contribution in [1.82, 2.24) is 14.1 Å². The van der Waals surface area contributed by atoms with Gasteiger partial charge in [0.1, 0.15) is 23.5 Å². The van der Waals surface area contributed by atoms with Gasteiger partial charge in [-0.3, -0.25) is 9.36 Å². The summed E-state index contributed by atoms with van der Waals surface area (Å²) in [7, 11) is 1.61. The quantitative estimate of drug-likeness (QED) is 0.349. The Morgan fingerprint density at radius 2 is 2.00 bits per heavy atom. The van der Waals surface area contributed by atoms with Crippen molar-refractivity contribution in [3.63, 3.8) is 0 Å². The minimum Gasteiger partial charge on any atom is -0.497 e. The molecule has 0 aliphatic heterocycles. The maximum absolute atomic E-state index is 13.3. The first-order chi connectivity index (χ1) is 16.9. The zero-order chi connectivity index (χ0) is 24.9. The zero-order valence-corrected chi connectivity index (χ0v) is 20.4. The number of anilines is 1. The molecule has 1 amide bonds. The van der Waals surface area contributed by atoms with Crippen molar-refractivity contribution in [2.24, 2.45) is 0 Å². The van der Waals surface area contributed by atoms with E-state index < -0.39 is 0 Å². The highest BCUT2D eigenvalue weighted by Gasteiger charge is 2.20. The number of imidazole rings is 1. The fourth-order valence-corrected chi connectivity index (χ4v) is 4.53. The van der Waals surface area contributed by atoms with Gasteiger partial charge in [0.25, 0.3) is 0 Å². The lowest BCUT2D eigenvalue weighted by atomic mass is 10.2. The van der Waals surface area contributed by atoms with E-state index in [0.717, 1.165) is 28.3 Å². The molecule has 178 valence electrons. The number of nitrogens with zero attached hydrogens (tertiary/aromatic N) is 4. The Hall–Kier alpha value is -4.03. The molecule has 0 fully saturated rings. The van der Waals surface area contributed by atoms with Crippen LogP contribution >= 0.6 is 11.8 Å². The molecule has 0 atom stereocenters. The molecule has 1 N–H and O–H groups in total. The van der Waals surface area contributed by atoms with Gasteiger partial charge in [-0.05, 0) is 49.2 Å². The topological polar surface area (TPSA) is 84.9 Å². The molecule has 0 bridgehead atoms. The first kappa shape index (κ1) is 24.1. The second-order valence-corrected chi connectivity index (χ2v) is 8.82. The minimum absolute atomic E-state index is 0.103. The van der Waals surface area contributed by atoms with Gasteiger partial charge in [0.15, 0.2) is 5.16 Å². The summed E-state index contributed by atoms with van der Waals surface area (Å²) in [4.78, 5) is 17.3. The Balaban J connectivity index is 1.52. The van der Waals surface area contributed by atoms with Gasteiger partial charge in [-0.2, -0.15) is 5.26 Å². The number of carbonyl (C=O) groups is 1. The molecule has 2 aromatic heterocycles. The van der Waals surface area contributed by atoms with E-state index in [9.17, 15) is 14.4 Å². The average Bonchev–Trinajstić information content (AvgIpc) is 3.43. The van der Waals surface area contributed by atoms with Crippen molar-refractivity contribution in [3.8, 4) is 17.5 Å². The molecule has 0 aliphatic rings. The summed E-state index contributed by atoms with van der Waals surface area (Å²) in [6.07, 6.45) is 3.50. The molecule has 0 unspecified atom stereocenters. The normalized spacial score (nSPS) is 10.7. The molecule has 0 saturated carbocycles. The van der Waals surface area contributed by atoms with Gasteiger partial charge in [-0.1, -0.05) is 30.0 Å². The number of methoxy groups -OCH3 is 1. The molecule has 0 spiro atoms. The maximum Gasteiger partial charge on any atom is 0.235 e. The van der Waals surface area contributed by atoms with Crippen LogP contribution in [-0.4, -0.2) is 32.9 Å². The van der Waals surface area contributed by atoms with Gasteiger partial charge in [0, 0.05) is 30.7 Å². The first-order valence-electron chi connectivity index (χ1n) is 10.9. The fourth-order valence-electron chi connectivity index (χ4n) is 3.75. The fraction of sp³-hybridized carbons (Fsp3) is 0.192. The molecule has 35 heavy (non-hydrogen) atoms. The van der Waals surface area contributed by atoms with Crippen LogP contribution in [0.25, 0.3) is 5.69 Å². The lowest BCUT2D eigenvalue weighted by molar-refractivity contribution is -0.113. The number of benzene rings is 2. The van der Waals surface area contributed by atoms with E-state index in [-0.39, 0.29) is 17.5 Å². The average molecular weight is 490 g/mol. The van der Waals surface area contributed by atoms with E-state index in [1.165, 1.54) is 23.9 Å². The van der Waals surface area contributed by atoms with Crippen LogP contribution in [-0.2, 0) is 11.3 Å². The summed E-state index contributed by atoms with van der Waals surface area (Å²) in [5, 5.41) is 13.3. The van der Waals surface area contributed by atoms with Crippen molar-refractivity contribution in [3.05, 3.63) is 89.1 Å². The number of nitriles is 1. The van der Waals surface area contributed by atoms with E-state index in [0.29, 0.717) is 23.1 Å². The first-order valence-corrected chi connectivity index (χ1v) is 11.8. The van der Waals surface area contributed by atoms with Crippen molar-refractivity contribution in [2.45, 2.75) is 25.5 Å². The predicted octanol–water partition coefficient (Wildman–Crippen LogP) is 5.09. The Morgan fingerprint density at radius 1 is 1.23 bits per heavy atom. The largest absolute Gasteiger partial charge is 0.497 e. The van der Waals surface area contributed by atoms with Gasteiger partial charge in [-0.15, -0.1) is 0 Å². The number of rotatable bonds is 8. The second-order valence-electron chi connectivity index (χ2n) is 7.88. The number of hydrogen-bond donors (Lipinski definition) is 1. The van der Waals surface area contributed by atoms with E-state index >= 15 is 0 Å². The molecule has 9 heteroatoms. The number of aromatic nitrogens is 3. The Bertz CT molecular complexity index is 1400. The molecule has 7 nitrogen and oxygen atoms in total. The van der Waals surface area contributed by atoms with Crippen molar-refractivity contribution >= 4 is 23.5 Å². The highest BCUT2D eigenvalue weighted by Crippen LogP contribution is 2.28. The summed E-state index contributed by atoms with van der Waals surface area (Å²) in [5.74, 6) is 0.690. The highest BCUT2D eigenvalue weighted by atomic mass is 32.2. The van der Waals surface area contributed by atoms with Crippen molar-refractivity contribution < 1.29 is 13.9 Å². The third-order valence-electron chi connectivity index (χ3n) is 5.72. The van der Waals surface area contributed by atoms with Crippen LogP contribution in [0, 0.1) is 31.0 Å². The lowest BCUT2D eigenvalue weighted by Gasteiger charge is -2.13. The number of halogens is 1. The number of thioether (sulfide) groups is 1. The molecule has 0 aliphatic carbocycles. The van der Waals surface area contributed by atoms with Gasteiger partial charge >= 0.3 is 0 Å². The zero-order valence-electron chi connectivity index (χ0n) is 19.6. The number of nitrogens with one attached hydrogen (secondary N) is 1. The number of hydrogen-bond acceptors (Lipinski definition) is 5. The number of amides is 1. The van der Waals surface area contributed by atoms with Crippen LogP contribution in [0.15, 0.2) is 66.1 Å².